The average molecular weight is 375 g/mol. The third-order valence-corrected chi connectivity index (χ3v) is 7.05. The highest BCUT2D eigenvalue weighted by atomic mass is 32.2. The SMILES string of the molecule is CN(CC1CCCN(S(=O)(=O)c2cccs2)C1)C(=O)OC(C)(C)C. The molecule has 0 aliphatic carbocycles. The Bertz CT molecular complexity index is 650. The van der Waals surface area contributed by atoms with Crippen molar-refractivity contribution in [3.05, 3.63) is 17.5 Å². The molecule has 1 amide bonds. The zero-order chi connectivity index (χ0) is 18.0. The Hall–Kier alpha value is -1.12. The predicted octanol–water partition coefficient (Wildman–Crippen LogP) is 3.02. The lowest BCUT2D eigenvalue weighted by atomic mass is 9.99. The Morgan fingerprint density at radius 1 is 1.46 bits per heavy atom. The average Bonchev–Trinajstić information content (AvgIpc) is 3.00. The van der Waals surface area contributed by atoms with E-state index in [-0.39, 0.29) is 12.0 Å². The number of rotatable bonds is 4. The summed E-state index contributed by atoms with van der Waals surface area (Å²) < 4.78 is 32.5. The van der Waals surface area contributed by atoms with Crippen LogP contribution in [0.5, 0.6) is 0 Å². The normalized spacial score (nSPS) is 19.9. The molecular formula is C16H26N2O4S2. The van der Waals surface area contributed by atoms with E-state index >= 15 is 0 Å². The third kappa shape index (κ3) is 4.94. The first-order chi connectivity index (χ1) is 11.1. The Morgan fingerprint density at radius 2 is 2.17 bits per heavy atom. The van der Waals surface area contributed by atoms with Crippen molar-refractivity contribution in [1.29, 1.82) is 0 Å². The van der Waals surface area contributed by atoms with Crippen LogP contribution >= 0.6 is 11.3 Å². The molecule has 1 fully saturated rings. The molecular weight excluding hydrogens is 348 g/mol. The maximum atomic E-state index is 12.6. The topological polar surface area (TPSA) is 66.9 Å². The summed E-state index contributed by atoms with van der Waals surface area (Å²) in [7, 11) is -1.72. The fourth-order valence-electron chi connectivity index (χ4n) is 2.73. The molecule has 1 aromatic heterocycles. The first-order valence-electron chi connectivity index (χ1n) is 8.07. The van der Waals surface area contributed by atoms with Gasteiger partial charge in [0.15, 0.2) is 0 Å². The van der Waals surface area contributed by atoms with Crippen molar-refractivity contribution in [2.24, 2.45) is 5.92 Å². The standard InChI is InChI=1S/C16H26N2O4S2/c1-16(2,3)22-15(19)17(4)11-13-7-5-9-18(12-13)24(20,21)14-8-6-10-23-14/h6,8,10,13H,5,7,9,11-12H2,1-4H3. The fraction of sp³-hybridized carbons (Fsp3) is 0.688. The van der Waals surface area contributed by atoms with Crippen LogP contribution in [0.15, 0.2) is 21.7 Å². The highest BCUT2D eigenvalue weighted by Crippen LogP contribution is 2.26. The van der Waals surface area contributed by atoms with E-state index in [4.69, 9.17) is 4.74 Å². The quantitative estimate of drug-likeness (QED) is 0.812. The number of amides is 1. The number of sulfonamides is 1. The monoisotopic (exact) mass is 374 g/mol. The third-order valence-electron chi connectivity index (χ3n) is 3.81. The molecule has 1 saturated heterocycles. The highest BCUT2D eigenvalue weighted by Gasteiger charge is 2.32. The van der Waals surface area contributed by atoms with E-state index in [1.165, 1.54) is 20.5 Å². The summed E-state index contributed by atoms with van der Waals surface area (Å²) in [6.07, 6.45) is 1.34. The number of thiophene rings is 1. The Kier molecular flexibility index (Phi) is 5.93. The van der Waals surface area contributed by atoms with Crippen LogP contribution in [0.2, 0.25) is 0 Å². The van der Waals surface area contributed by atoms with Crippen molar-refractivity contribution in [2.75, 3.05) is 26.7 Å². The second kappa shape index (κ2) is 7.41. The van der Waals surface area contributed by atoms with E-state index < -0.39 is 15.6 Å². The van der Waals surface area contributed by atoms with Crippen molar-refractivity contribution in [2.45, 2.75) is 43.4 Å². The summed E-state index contributed by atoms with van der Waals surface area (Å²) >= 11 is 1.24. The van der Waals surface area contributed by atoms with Gasteiger partial charge in [0.25, 0.3) is 10.0 Å². The van der Waals surface area contributed by atoms with Crippen LogP contribution in [0.4, 0.5) is 4.79 Å². The summed E-state index contributed by atoms with van der Waals surface area (Å²) in [6, 6.07) is 3.38. The van der Waals surface area contributed by atoms with Crippen LogP contribution in [0.25, 0.3) is 0 Å². The number of carbonyl (C=O) groups is 1. The van der Waals surface area contributed by atoms with Gasteiger partial charge in [-0.1, -0.05) is 6.07 Å². The van der Waals surface area contributed by atoms with Crippen LogP contribution in [0.3, 0.4) is 0 Å². The molecule has 8 heteroatoms. The summed E-state index contributed by atoms with van der Waals surface area (Å²) in [5.74, 6) is 0.117. The van der Waals surface area contributed by atoms with E-state index in [0.717, 1.165) is 12.8 Å². The molecule has 1 unspecified atom stereocenters. The van der Waals surface area contributed by atoms with Gasteiger partial charge in [0.2, 0.25) is 0 Å². The van der Waals surface area contributed by atoms with Gasteiger partial charge in [0.05, 0.1) is 0 Å². The number of nitrogens with zero attached hydrogens (tertiary/aromatic N) is 2. The first-order valence-corrected chi connectivity index (χ1v) is 10.4. The van der Waals surface area contributed by atoms with Gasteiger partial charge in [0.1, 0.15) is 9.81 Å². The molecule has 6 nitrogen and oxygen atoms in total. The largest absolute Gasteiger partial charge is 0.444 e. The molecule has 0 saturated carbocycles. The van der Waals surface area contributed by atoms with Crippen molar-refractivity contribution < 1.29 is 17.9 Å². The Balaban J connectivity index is 1.97. The fourth-order valence-corrected chi connectivity index (χ4v) is 5.43. The lowest BCUT2D eigenvalue weighted by Gasteiger charge is -2.34. The lowest BCUT2D eigenvalue weighted by Crippen LogP contribution is -2.44. The minimum atomic E-state index is -3.42. The minimum absolute atomic E-state index is 0.117. The first kappa shape index (κ1) is 19.2. The predicted molar refractivity (Wildman–Crippen MR) is 94.7 cm³/mol. The van der Waals surface area contributed by atoms with Crippen LogP contribution in [-0.4, -0.2) is 56.0 Å². The molecule has 1 aromatic rings. The summed E-state index contributed by atoms with van der Waals surface area (Å²) in [5.41, 5.74) is -0.535. The van der Waals surface area contributed by atoms with Crippen molar-refractivity contribution in [3.63, 3.8) is 0 Å². The smallest absolute Gasteiger partial charge is 0.410 e. The molecule has 0 radical (unpaired) electrons. The molecule has 2 rings (SSSR count). The summed E-state index contributed by atoms with van der Waals surface area (Å²) in [6.45, 7) is 6.95. The van der Waals surface area contributed by atoms with Crippen molar-refractivity contribution >= 4 is 27.5 Å². The molecule has 2 heterocycles. The molecule has 24 heavy (non-hydrogen) atoms. The number of hydrogen-bond donors (Lipinski definition) is 0. The van der Waals surface area contributed by atoms with Gasteiger partial charge in [-0.05, 0) is 51.0 Å². The second-order valence-corrected chi connectivity index (χ2v) is 10.3. The van der Waals surface area contributed by atoms with E-state index in [1.807, 2.05) is 20.8 Å². The number of carbonyl (C=O) groups excluding carboxylic acids is 1. The Morgan fingerprint density at radius 3 is 2.75 bits per heavy atom. The van der Waals surface area contributed by atoms with Gasteiger partial charge in [-0.2, -0.15) is 4.31 Å². The molecule has 1 aliphatic rings. The molecule has 1 aliphatic heterocycles. The van der Waals surface area contributed by atoms with Gasteiger partial charge in [-0.15, -0.1) is 11.3 Å². The van der Waals surface area contributed by atoms with Crippen molar-refractivity contribution in [3.8, 4) is 0 Å². The van der Waals surface area contributed by atoms with Gasteiger partial charge in [0, 0.05) is 26.7 Å². The number of piperidine rings is 1. The minimum Gasteiger partial charge on any atom is -0.444 e. The molecule has 1 atom stereocenters. The zero-order valence-electron chi connectivity index (χ0n) is 14.7. The van der Waals surface area contributed by atoms with Gasteiger partial charge in [-0.25, -0.2) is 13.2 Å². The van der Waals surface area contributed by atoms with Crippen molar-refractivity contribution in [1.82, 2.24) is 9.21 Å². The molecule has 0 bridgehead atoms. The van der Waals surface area contributed by atoms with Crippen LogP contribution in [-0.2, 0) is 14.8 Å². The Labute approximate surface area is 148 Å². The van der Waals surface area contributed by atoms with Crippen LogP contribution < -0.4 is 0 Å². The molecule has 0 N–H and O–H groups in total. The lowest BCUT2D eigenvalue weighted by molar-refractivity contribution is 0.0258. The van der Waals surface area contributed by atoms with E-state index in [2.05, 4.69) is 0 Å². The van der Waals surface area contributed by atoms with Gasteiger partial charge < -0.3 is 9.64 Å². The van der Waals surface area contributed by atoms with E-state index in [1.54, 1.807) is 24.6 Å². The zero-order valence-corrected chi connectivity index (χ0v) is 16.3. The second-order valence-electron chi connectivity index (χ2n) is 7.16. The molecule has 136 valence electrons. The maximum absolute atomic E-state index is 12.6. The highest BCUT2D eigenvalue weighted by molar-refractivity contribution is 7.91. The van der Waals surface area contributed by atoms with Gasteiger partial charge >= 0.3 is 6.09 Å². The van der Waals surface area contributed by atoms with Gasteiger partial charge in [-0.3, -0.25) is 0 Å². The molecule has 0 spiro atoms. The van der Waals surface area contributed by atoms with E-state index in [9.17, 15) is 13.2 Å². The number of ether oxygens (including phenoxy) is 1. The number of hydrogen-bond acceptors (Lipinski definition) is 5. The van der Waals surface area contributed by atoms with Crippen LogP contribution in [0, 0.1) is 5.92 Å². The summed E-state index contributed by atoms with van der Waals surface area (Å²) in [4.78, 5) is 13.6. The summed E-state index contributed by atoms with van der Waals surface area (Å²) in [5, 5.41) is 1.77. The van der Waals surface area contributed by atoms with E-state index in [0.29, 0.717) is 23.8 Å². The molecule has 0 aromatic carbocycles. The maximum Gasteiger partial charge on any atom is 0.410 e. The van der Waals surface area contributed by atoms with Crippen LogP contribution in [0.1, 0.15) is 33.6 Å².